The van der Waals surface area contributed by atoms with Crippen molar-refractivity contribution >= 4 is 38.2 Å². The first-order chi connectivity index (χ1) is 19.8. The number of hydrogen-bond donors (Lipinski definition) is 0. The molecule has 0 N–H and O–H groups in total. The lowest BCUT2D eigenvalue weighted by molar-refractivity contribution is -0.169. The van der Waals surface area contributed by atoms with Crippen LogP contribution >= 0.6 is 0 Å². The van der Waals surface area contributed by atoms with Gasteiger partial charge in [0.25, 0.3) is 0 Å². The second-order valence-corrected chi connectivity index (χ2v) is 17.1. The summed E-state index contributed by atoms with van der Waals surface area (Å²) in [4.78, 5) is 63.7. The molecule has 1 rings (SSSR count). The van der Waals surface area contributed by atoms with Crippen molar-refractivity contribution in [1.29, 1.82) is 0 Å². The third-order valence-electron chi connectivity index (χ3n) is 8.67. The molecule has 0 unspecified atom stereocenters. The Morgan fingerprint density at radius 2 is 1.37 bits per heavy atom. The van der Waals surface area contributed by atoms with Crippen molar-refractivity contribution in [2.45, 2.75) is 76.6 Å². The minimum absolute atomic E-state index is 0.118. The highest BCUT2D eigenvalue weighted by atomic mass is 28.4. The monoisotopic (exact) mass is 624 g/mol. The molecule has 0 heterocycles. The lowest BCUT2D eigenvalue weighted by atomic mass is 9.76. The number of ether oxygens (including phenoxy) is 5. The molecule has 12 heteroatoms. The summed E-state index contributed by atoms with van der Waals surface area (Å²) in [5.41, 5.74) is -3.64. The molecule has 0 radical (unpaired) electrons. The van der Waals surface area contributed by atoms with Gasteiger partial charge in [-0.1, -0.05) is 51.2 Å². The van der Waals surface area contributed by atoms with Crippen LogP contribution in [0.5, 0.6) is 0 Å². The predicted octanol–water partition coefficient (Wildman–Crippen LogP) is 4.46. The number of methoxy groups -OCH3 is 5. The van der Waals surface area contributed by atoms with E-state index in [1.165, 1.54) is 7.11 Å². The van der Waals surface area contributed by atoms with E-state index in [4.69, 9.17) is 28.1 Å². The zero-order valence-corrected chi connectivity index (χ0v) is 28.2. The van der Waals surface area contributed by atoms with E-state index in [1.54, 1.807) is 18.2 Å². The van der Waals surface area contributed by atoms with Crippen molar-refractivity contribution < 1.29 is 52.1 Å². The van der Waals surface area contributed by atoms with Crippen molar-refractivity contribution in [1.82, 2.24) is 0 Å². The van der Waals surface area contributed by atoms with Crippen molar-refractivity contribution in [3.8, 4) is 0 Å². The first-order valence-corrected chi connectivity index (χ1v) is 16.8. The largest absolute Gasteiger partial charge is 0.468 e. The van der Waals surface area contributed by atoms with Crippen LogP contribution in [-0.2, 0) is 52.1 Å². The summed E-state index contributed by atoms with van der Waals surface area (Å²) in [6, 6.07) is 0. The average Bonchev–Trinajstić information content (AvgIpc) is 3.61. The topological polar surface area (TPSA) is 141 Å². The molecule has 0 aliphatic heterocycles. The molecule has 2 atom stereocenters. The van der Waals surface area contributed by atoms with Crippen LogP contribution in [0.3, 0.4) is 0 Å². The maximum absolute atomic E-state index is 13.1. The highest BCUT2D eigenvalue weighted by Gasteiger charge is 2.73. The van der Waals surface area contributed by atoms with Crippen LogP contribution < -0.4 is 0 Å². The number of carbonyl (C=O) groups is 5. The van der Waals surface area contributed by atoms with Crippen LogP contribution in [0.25, 0.3) is 0 Å². The molecule has 0 bridgehead atoms. The third-order valence-corrected chi connectivity index (χ3v) is 13.2. The number of carbonyl (C=O) groups excluding carboxylic acids is 5. The summed E-state index contributed by atoms with van der Waals surface area (Å²) in [5.74, 6) is -5.28. The fourth-order valence-electron chi connectivity index (χ4n) is 4.99. The maximum Gasteiger partial charge on any atom is 0.323 e. The van der Waals surface area contributed by atoms with Gasteiger partial charge in [-0.25, -0.2) is 0 Å². The van der Waals surface area contributed by atoms with Gasteiger partial charge in [0.2, 0.25) is 0 Å². The molecule has 242 valence electrons. The van der Waals surface area contributed by atoms with Gasteiger partial charge in [0.1, 0.15) is 5.41 Å². The smallest absolute Gasteiger partial charge is 0.323 e. The molecule has 0 aromatic carbocycles. The van der Waals surface area contributed by atoms with Crippen molar-refractivity contribution in [3.05, 3.63) is 37.0 Å². The van der Waals surface area contributed by atoms with Crippen molar-refractivity contribution in [2.24, 2.45) is 16.7 Å². The zero-order valence-electron chi connectivity index (χ0n) is 27.2. The van der Waals surface area contributed by atoms with Crippen LogP contribution in [-0.4, -0.2) is 79.3 Å². The maximum atomic E-state index is 13.1. The Morgan fingerprint density at radius 3 is 1.77 bits per heavy atom. The van der Waals surface area contributed by atoms with Gasteiger partial charge in [0, 0.05) is 0 Å². The van der Waals surface area contributed by atoms with Crippen LogP contribution in [0, 0.1) is 16.7 Å². The molecule has 0 aromatic heterocycles. The molecule has 1 aliphatic carbocycles. The van der Waals surface area contributed by atoms with E-state index < -0.39 is 60.5 Å². The van der Waals surface area contributed by atoms with Crippen molar-refractivity contribution in [3.63, 3.8) is 0 Å². The van der Waals surface area contributed by atoms with Crippen LogP contribution in [0.15, 0.2) is 37.0 Å². The third kappa shape index (κ3) is 7.83. The van der Waals surface area contributed by atoms with E-state index in [2.05, 4.69) is 47.0 Å². The van der Waals surface area contributed by atoms with Gasteiger partial charge >= 0.3 is 29.8 Å². The second kappa shape index (κ2) is 14.5. The van der Waals surface area contributed by atoms with Gasteiger partial charge in [-0.15, -0.1) is 6.58 Å². The minimum atomic E-state index is -2.32. The van der Waals surface area contributed by atoms with E-state index >= 15 is 0 Å². The Hall–Kier alpha value is -3.25. The number of allylic oxidation sites excluding steroid dienone is 3. The summed E-state index contributed by atoms with van der Waals surface area (Å²) in [5, 5.41) is -0.118. The molecule has 1 fully saturated rings. The average molecular weight is 625 g/mol. The summed E-state index contributed by atoms with van der Waals surface area (Å²) in [6.07, 6.45) is 4.76. The Morgan fingerprint density at radius 1 is 0.860 bits per heavy atom. The highest BCUT2D eigenvalue weighted by Crippen LogP contribution is 2.65. The van der Waals surface area contributed by atoms with Gasteiger partial charge in [-0.05, 0) is 50.2 Å². The van der Waals surface area contributed by atoms with Crippen LogP contribution in [0.4, 0.5) is 0 Å². The van der Waals surface area contributed by atoms with Gasteiger partial charge in [-0.2, -0.15) is 0 Å². The first-order valence-electron chi connectivity index (χ1n) is 13.9. The molecule has 11 nitrogen and oxygen atoms in total. The normalized spacial score (nSPS) is 20.3. The van der Waals surface area contributed by atoms with E-state index in [0.717, 1.165) is 28.4 Å². The van der Waals surface area contributed by atoms with Gasteiger partial charge in [-0.3, -0.25) is 24.0 Å². The number of rotatable bonds is 16. The van der Waals surface area contributed by atoms with Crippen LogP contribution in [0.1, 0.15) is 52.9 Å². The molecule has 0 saturated heterocycles. The molecule has 0 amide bonds. The van der Waals surface area contributed by atoms with E-state index in [0.29, 0.717) is 6.42 Å². The fraction of sp³-hybridized carbons (Fsp3) is 0.645. The second-order valence-electron chi connectivity index (χ2n) is 12.4. The summed E-state index contributed by atoms with van der Waals surface area (Å²) < 4.78 is 31.2. The molecular weight excluding hydrogens is 576 g/mol. The highest BCUT2D eigenvalue weighted by molar-refractivity contribution is 6.74. The van der Waals surface area contributed by atoms with E-state index in [1.807, 2.05) is 0 Å². The quantitative estimate of drug-likeness (QED) is 0.0790. The molecule has 0 aromatic rings. The molecule has 43 heavy (non-hydrogen) atoms. The Balaban J connectivity index is 3.38. The van der Waals surface area contributed by atoms with E-state index in [9.17, 15) is 24.0 Å². The van der Waals surface area contributed by atoms with E-state index in [-0.39, 0.29) is 36.3 Å². The molecule has 0 spiro atoms. The fourth-order valence-corrected chi connectivity index (χ4v) is 6.55. The summed E-state index contributed by atoms with van der Waals surface area (Å²) >= 11 is 0. The summed E-state index contributed by atoms with van der Waals surface area (Å²) in [6.45, 7) is 18.4. The van der Waals surface area contributed by atoms with Crippen LogP contribution in [0.2, 0.25) is 18.1 Å². The van der Waals surface area contributed by atoms with Gasteiger partial charge < -0.3 is 28.1 Å². The standard InChI is InChI=1S/C31H48O11Si/c1-13-31(42-43(11,12)28(3,4)5)20-30(31,27(36)41-10)17-15-14-16-29(25(34)39-8,26(35)40-9)19-21(2)18-22(23(32)37-6)24(33)38-7/h13-15,22H,1-2,16-20H2,3-12H3/b15-14+/t30-,31+/m1/s1. The minimum Gasteiger partial charge on any atom is -0.468 e. The lowest BCUT2D eigenvalue weighted by Crippen LogP contribution is -2.46. The molecule has 1 saturated carbocycles. The van der Waals surface area contributed by atoms with Gasteiger partial charge in [0.15, 0.2) is 19.7 Å². The summed E-state index contributed by atoms with van der Waals surface area (Å²) in [7, 11) is 3.50. The van der Waals surface area contributed by atoms with Gasteiger partial charge in [0.05, 0.1) is 41.2 Å². The SMILES string of the molecule is C=C[C@]1(O[Si](C)(C)C(C)(C)C)C[C@]1(C/C=C/CC(CC(=C)CC(C(=O)OC)C(=O)OC)(C(=O)OC)C(=O)OC)C(=O)OC. The Bertz CT molecular complexity index is 1100. The Kier molecular flexibility index (Phi) is 12.7. The predicted molar refractivity (Wildman–Crippen MR) is 161 cm³/mol. The Labute approximate surface area is 256 Å². The zero-order chi connectivity index (χ0) is 33.4. The number of hydrogen-bond acceptors (Lipinski definition) is 11. The first kappa shape index (κ1) is 37.8. The molecular formula is C31H48O11Si. The van der Waals surface area contributed by atoms with Crippen molar-refractivity contribution in [2.75, 3.05) is 35.5 Å². The number of esters is 5. The molecule has 1 aliphatic rings. The lowest BCUT2D eigenvalue weighted by Gasteiger charge is -2.40.